The molecular formula is C22H40N8O3. The van der Waals surface area contributed by atoms with Crippen molar-refractivity contribution in [3.63, 3.8) is 0 Å². The first kappa shape index (κ1) is 28.3. The zero-order valence-electron chi connectivity index (χ0n) is 19.9. The molecule has 0 aliphatic rings. The molecule has 0 spiro atoms. The summed E-state index contributed by atoms with van der Waals surface area (Å²) in [6, 6.07) is 4.89. The zero-order valence-corrected chi connectivity index (χ0v) is 19.9. The maximum absolute atomic E-state index is 13.2. The Labute approximate surface area is 196 Å². The van der Waals surface area contributed by atoms with E-state index in [-0.39, 0.29) is 17.7 Å². The zero-order chi connectivity index (χ0) is 24.5. The SMILES string of the molecule is CCCCC(NC(=O)c1cc(NC(C)C)ccc1OCCCCCN)C(=O)/C=N\NNNN. The van der Waals surface area contributed by atoms with E-state index in [0.717, 1.165) is 44.0 Å². The van der Waals surface area contributed by atoms with Gasteiger partial charge in [0.05, 0.1) is 24.4 Å². The minimum absolute atomic E-state index is 0.197. The highest BCUT2D eigenvalue weighted by Crippen LogP contribution is 2.24. The number of Topliss-reactive ketones (excluding diaryl/α,β-unsaturated/α-hetero) is 1. The summed E-state index contributed by atoms with van der Waals surface area (Å²) >= 11 is 0. The number of hydrazine groups is 3. The smallest absolute Gasteiger partial charge is 0.255 e. The van der Waals surface area contributed by atoms with Crippen LogP contribution < -0.4 is 43.6 Å². The highest BCUT2D eigenvalue weighted by molar-refractivity contribution is 6.30. The molecule has 11 nitrogen and oxygen atoms in total. The van der Waals surface area contributed by atoms with Crippen LogP contribution in [-0.2, 0) is 4.79 Å². The van der Waals surface area contributed by atoms with Crippen molar-refractivity contribution in [3.8, 4) is 5.75 Å². The lowest BCUT2D eigenvalue weighted by molar-refractivity contribution is -0.114. The Bertz CT molecular complexity index is 742. The summed E-state index contributed by atoms with van der Waals surface area (Å²) in [5.74, 6) is 4.82. The first-order chi connectivity index (χ1) is 15.9. The van der Waals surface area contributed by atoms with Gasteiger partial charge in [0, 0.05) is 11.7 Å². The summed E-state index contributed by atoms with van der Waals surface area (Å²) in [6.07, 6.45) is 6.00. The molecule has 186 valence electrons. The molecule has 0 aliphatic heterocycles. The van der Waals surface area contributed by atoms with E-state index >= 15 is 0 Å². The van der Waals surface area contributed by atoms with Crippen LogP contribution in [0.15, 0.2) is 23.3 Å². The van der Waals surface area contributed by atoms with Crippen molar-refractivity contribution in [2.45, 2.75) is 71.4 Å². The van der Waals surface area contributed by atoms with E-state index in [0.29, 0.717) is 30.9 Å². The molecule has 0 bridgehead atoms. The number of ether oxygens (including phenoxy) is 1. The normalized spacial score (nSPS) is 12.1. The Kier molecular flexibility index (Phi) is 14.4. The molecule has 33 heavy (non-hydrogen) atoms. The van der Waals surface area contributed by atoms with Crippen LogP contribution in [0.25, 0.3) is 0 Å². The predicted octanol–water partition coefficient (Wildman–Crippen LogP) is 1.33. The highest BCUT2D eigenvalue weighted by atomic mass is 16.5. The van der Waals surface area contributed by atoms with Gasteiger partial charge in [-0.2, -0.15) is 10.6 Å². The average molecular weight is 465 g/mol. The van der Waals surface area contributed by atoms with Crippen LogP contribution in [0.3, 0.4) is 0 Å². The summed E-state index contributed by atoms with van der Waals surface area (Å²) in [6.45, 7) is 7.18. The van der Waals surface area contributed by atoms with E-state index in [2.05, 4.69) is 32.3 Å². The molecule has 0 heterocycles. The molecule has 1 aromatic rings. The summed E-state index contributed by atoms with van der Waals surface area (Å²) < 4.78 is 5.90. The molecule has 0 radical (unpaired) electrons. The van der Waals surface area contributed by atoms with Crippen LogP contribution in [0.2, 0.25) is 0 Å². The van der Waals surface area contributed by atoms with E-state index in [9.17, 15) is 9.59 Å². The average Bonchev–Trinajstić information content (AvgIpc) is 2.79. The number of carbonyl (C=O) groups is 2. The standard InChI is InChI=1S/C22H40N8O3/c1-4-5-9-19(20(31)15-25-29-30-28-24)27-22(32)18-14-17(26-16(2)3)10-11-21(18)33-13-8-6-7-12-23/h10-11,14-16,19,26,28-30H,4-9,12-13,23-24H2,1-3H3,(H,27,32)/b25-15-. The van der Waals surface area contributed by atoms with Gasteiger partial charge in [0.1, 0.15) is 5.75 Å². The minimum Gasteiger partial charge on any atom is -0.493 e. The van der Waals surface area contributed by atoms with E-state index < -0.39 is 6.04 Å². The number of amides is 1. The monoisotopic (exact) mass is 464 g/mol. The highest BCUT2D eigenvalue weighted by Gasteiger charge is 2.22. The van der Waals surface area contributed by atoms with Crippen molar-refractivity contribution < 1.29 is 14.3 Å². The Hall–Kier alpha value is -2.73. The Morgan fingerprint density at radius 2 is 1.97 bits per heavy atom. The molecular weight excluding hydrogens is 424 g/mol. The van der Waals surface area contributed by atoms with Crippen LogP contribution >= 0.6 is 0 Å². The largest absolute Gasteiger partial charge is 0.493 e. The first-order valence-electron chi connectivity index (χ1n) is 11.5. The Morgan fingerprint density at radius 3 is 2.64 bits per heavy atom. The van der Waals surface area contributed by atoms with Crippen LogP contribution in [0.5, 0.6) is 5.75 Å². The second-order valence-electron chi connectivity index (χ2n) is 7.92. The molecule has 1 amide bonds. The fourth-order valence-corrected chi connectivity index (χ4v) is 3.04. The van der Waals surface area contributed by atoms with Crippen molar-refractivity contribution in [1.82, 2.24) is 21.9 Å². The van der Waals surface area contributed by atoms with Gasteiger partial charge in [0.15, 0.2) is 5.78 Å². The van der Waals surface area contributed by atoms with Crippen LogP contribution in [-0.4, -0.2) is 43.1 Å². The third kappa shape index (κ3) is 11.6. The topological polar surface area (TPSA) is 168 Å². The predicted molar refractivity (Wildman–Crippen MR) is 131 cm³/mol. The molecule has 11 heteroatoms. The second-order valence-corrected chi connectivity index (χ2v) is 7.92. The number of unbranched alkanes of at least 4 members (excludes halogenated alkanes) is 3. The minimum atomic E-state index is -0.715. The van der Waals surface area contributed by atoms with Crippen LogP contribution in [0, 0.1) is 0 Å². The molecule has 0 aliphatic carbocycles. The van der Waals surface area contributed by atoms with Crippen LogP contribution in [0.4, 0.5) is 5.69 Å². The molecule has 0 aromatic heterocycles. The van der Waals surface area contributed by atoms with E-state index in [1.165, 1.54) is 0 Å². The lowest BCUT2D eigenvalue weighted by Gasteiger charge is -2.19. The second kappa shape index (κ2) is 16.8. The van der Waals surface area contributed by atoms with Crippen molar-refractivity contribution in [3.05, 3.63) is 23.8 Å². The number of hydrazone groups is 1. The van der Waals surface area contributed by atoms with Crippen molar-refractivity contribution in [1.29, 1.82) is 0 Å². The number of hydrogen-bond donors (Lipinski definition) is 7. The summed E-state index contributed by atoms with van der Waals surface area (Å²) in [5.41, 5.74) is 13.5. The Morgan fingerprint density at radius 1 is 1.18 bits per heavy atom. The summed E-state index contributed by atoms with van der Waals surface area (Å²) in [4.78, 5) is 25.8. The molecule has 1 aromatic carbocycles. The first-order valence-corrected chi connectivity index (χ1v) is 11.5. The fraction of sp³-hybridized carbons (Fsp3) is 0.591. The third-order valence-electron chi connectivity index (χ3n) is 4.67. The van der Waals surface area contributed by atoms with Crippen molar-refractivity contribution in [2.24, 2.45) is 16.7 Å². The molecule has 9 N–H and O–H groups in total. The van der Waals surface area contributed by atoms with Crippen molar-refractivity contribution in [2.75, 3.05) is 18.5 Å². The number of benzene rings is 1. The quantitative estimate of drug-likeness (QED) is 0.0733. The summed E-state index contributed by atoms with van der Waals surface area (Å²) in [5, 5.41) is 9.87. The van der Waals surface area contributed by atoms with Gasteiger partial charge in [-0.25, -0.2) is 5.53 Å². The van der Waals surface area contributed by atoms with Gasteiger partial charge in [-0.15, -0.1) is 5.53 Å². The summed E-state index contributed by atoms with van der Waals surface area (Å²) in [7, 11) is 0. The fourth-order valence-electron chi connectivity index (χ4n) is 3.04. The molecule has 0 fully saturated rings. The molecule has 1 rings (SSSR count). The number of carbonyl (C=O) groups excluding carboxylic acids is 2. The van der Waals surface area contributed by atoms with Gasteiger partial charge in [0.25, 0.3) is 5.91 Å². The number of rotatable bonds is 18. The molecule has 0 saturated heterocycles. The van der Waals surface area contributed by atoms with Crippen LogP contribution in [0.1, 0.15) is 69.7 Å². The van der Waals surface area contributed by atoms with Gasteiger partial charge in [0.2, 0.25) is 0 Å². The number of nitrogens with one attached hydrogen (secondary N) is 5. The van der Waals surface area contributed by atoms with Gasteiger partial charge in [-0.3, -0.25) is 15.4 Å². The van der Waals surface area contributed by atoms with E-state index in [1.54, 1.807) is 12.1 Å². The number of nitrogens with two attached hydrogens (primary N) is 2. The van der Waals surface area contributed by atoms with Crippen molar-refractivity contribution >= 4 is 23.6 Å². The number of nitrogens with zero attached hydrogens (tertiary/aromatic N) is 1. The molecule has 1 atom stereocenters. The Balaban J connectivity index is 3.01. The van der Waals surface area contributed by atoms with E-state index in [4.69, 9.17) is 16.3 Å². The lowest BCUT2D eigenvalue weighted by Crippen LogP contribution is -2.45. The third-order valence-corrected chi connectivity index (χ3v) is 4.67. The number of hydrogen-bond acceptors (Lipinski definition) is 10. The van der Waals surface area contributed by atoms with Gasteiger partial charge in [-0.05, 0) is 64.3 Å². The number of ketones is 1. The molecule has 0 saturated carbocycles. The van der Waals surface area contributed by atoms with Gasteiger partial charge < -0.3 is 21.1 Å². The van der Waals surface area contributed by atoms with E-state index in [1.807, 2.05) is 26.8 Å². The molecule has 1 unspecified atom stereocenters. The maximum atomic E-state index is 13.2. The maximum Gasteiger partial charge on any atom is 0.255 e. The lowest BCUT2D eigenvalue weighted by atomic mass is 10.0. The van der Waals surface area contributed by atoms with Gasteiger partial charge in [-0.1, -0.05) is 19.8 Å². The van der Waals surface area contributed by atoms with Gasteiger partial charge >= 0.3 is 0 Å². The number of anilines is 1.